The second-order valence-corrected chi connectivity index (χ2v) is 6.97. The maximum Gasteiger partial charge on any atom is 0.227 e. The molecule has 5 nitrogen and oxygen atoms in total. The van der Waals surface area contributed by atoms with Gasteiger partial charge in [-0.3, -0.25) is 4.79 Å². The van der Waals surface area contributed by atoms with Crippen LogP contribution in [0.15, 0.2) is 48.5 Å². The van der Waals surface area contributed by atoms with Crippen LogP contribution in [0.5, 0.6) is 5.75 Å². The van der Waals surface area contributed by atoms with E-state index in [0.717, 1.165) is 57.1 Å². The molecule has 27 heavy (non-hydrogen) atoms. The van der Waals surface area contributed by atoms with Gasteiger partial charge in [-0.25, -0.2) is 0 Å². The van der Waals surface area contributed by atoms with Crippen LogP contribution in [0, 0.1) is 0 Å². The molecule has 0 radical (unpaired) electrons. The Morgan fingerprint density at radius 1 is 1.04 bits per heavy atom. The Morgan fingerprint density at radius 2 is 1.85 bits per heavy atom. The number of hydrogen-bond acceptors (Lipinski definition) is 4. The molecule has 4 rings (SSSR count). The van der Waals surface area contributed by atoms with Crippen molar-refractivity contribution in [2.24, 2.45) is 0 Å². The molecule has 5 heteroatoms. The SMILES string of the molecule is O=C(CCCOc1ccccc1)N1CCc2ccc(N3CCOCC3)cc21. The maximum absolute atomic E-state index is 12.7. The predicted octanol–water partition coefficient (Wildman–Crippen LogP) is 3.27. The monoisotopic (exact) mass is 366 g/mol. The van der Waals surface area contributed by atoms with Crippen LogP contribution < -0.4 is 14.5 Å². The number of carbonyl (C=O) groups is 1. The largest absolute Gasteiger partial charge is 0.494 e. The number of hydrogen-bond donors (Lipinski definition) is 0. The molecule has 0 spiro atoms. The number of fused-ring (bicyclic) bond motifs is 1. The third kappa shape index (κ3) is 4.25. The minimum absolute atomic E-state index is 0.185. The highest BCUT2D eigenvalue weighted by Gasteiger charge is 2.25. The van der Waals surface area contributed by atoms with Crippen molar-refractivity contribution in [2.45, 2.75) is 19.3 Å². The van der Waals surface area contributed by atoms with Gasteiger partial charge in [0, 0.05) is 37.4 Å². The van der Waals surface area contributed by atoms with Gasteiger partial charge in [-0.15, -0.1) is 0 Å². The standard InChI is InChI=1S/C22H26N2O3/c25-22(7-4-14-27-20-5-2-1-3-6-20)24-11-10-18-8-9-19(17-21(18)24)23-12-15-26-16-13-23/h1-3,5-6,8-9,17H,4,7,10-16H2. The summed E-state index contributed by atoms with van der Waals surface area (Å²) in [5.41, 5.74) is 3.53. The highest BCUT2D eigenvalue weighted by molar-refractivity contribution is 5.96. The number of morpholine rings is 1. The summed E-state index contributed by atoms with van der Waals surface area (Å²) in [5.74, 6) is 1.04. The summed E-state index contributed by atoms with van der Waals surface area (Å²) in [4.78, 5) is 17.0. The molecule has 0 aromatic heterocycles. The van der Waals surface area contributed by atoms with E-state index in [9.17, 15) is 4.79 Å². The van der Waals surface area contributed by atoms with E-state index in [-0.39, 0.29) is 5.91 Å². The van der Waals surface area contributed by atoms with E-state index in [1.807, 2.05) is 35.2 Å². The van der Waals surface area contributed by atoms with Crippen molar-refractivity contribution in [3.63, 3.8) is 0 Å². The summed E-state index contributed by atoms with van der Waals surface area (Å²) in [5, 5.41) is 0. The first kappa shape index (κ1) is 17.9. The van der Waals surface area contributed by atoms with Gasteiger partial charge < -0.3 is 19.3 Å². The van der Waals surface area contributed by atoms with Crippen LogP contribution in [0.25, 0.3) is 0 Å². The van der Waals surface area contributed by atoms with Gasteiger partial charge in [0.2, 0.25) is 5.91 Å². The molecular formula is C22H26N2O3. The quantitative estimate of drug-likeness (QED) is 0.736. The zero-order valence-electron chi connectivity index (χ0n) is 15.6. The summed E-state index contributed by atoms with van der Waals surface area (Å²) < 4.78 is 11.1. The number of ether oxygens (including phenoxy) is 2. The van der Waals surface area contributed by atoms with Crippen LogP contribution in [0.3, 0.4) is 0 Å². The molecule has 0 N–H and O–H groups in total. The lowest BCUT2D eigenvalue weighted by molar-refractivity contribution is -0.118. The molecule has 142 valence electrons. The Hall–Kier alpha value is -2.53. The minimum atomic E-state index is 0.185. The van der Waals surface area contributed by atoms with E-state index in [0.29, 0.717) is 13.0 Å². The third-order valence-electron chi connectivity index (χ3n) is 5.19. The van der Waals surface area contributed by atoms with Crippen LogP contribution in [-0.4, -0.2) is 45.4 Å². The topological polar surface area (TPSA) is 42.0 Å². The summed E-state index contributed by atoms with van der Waals surface area (Å²) in [6.07, 6.45) is 2.17. The van der Waals surface area contributed by atoms with Crippen molar-refractivity contribution in [1.29, 1.82) is 0 Å². The van der Waals surface area contributed by atoms with E-state index in [1.54, 1.807) is 0 Å². The number of carbonyl (C=O) groups excluding carboxylic acids is 1. The maximum atomic E-state index is 12.7. The first-order valence-electron chi connectivity index (χ1n) is 9.75. The lowest BCUT2D eigenvalue weighted by Crippen LogP contribution is -2.36. The normalized spacial score (nSPS) is 16.3. The first-order chi connectivity index (χ1) is 13.3. The summed E-state index contributed by atoms with van der Waals surface area (Å²) in [6.45, 7) is 4.68. The number of para-hydroxylation sites is 1. The van der Waals surface area contributed by atoms with Crippen molar-refractivity contribution < 1.29 is 14.3 Å². The average molecular weight is 366 g/mol. The summed E-state index contributed by atoms with van der Waals surface area (Å²) >= 11 is 0. The molecular weight excluding hydrogens is 340 g/mol. The Kier molecular flexibility index (Phi) is 5.58. The molecule has 2 heterocycles. The van der Waals surface area contributed by atoms with Gasteiger partial charge in [0.15, 0.2) is 0 Å². The smallest absolute Gasteiger partial charge is 0.227 e. The van der Waals surface area contributed by atoms with Crippen LogP contribution in [0.4, 0.5) is 11.4 Å². The Morgan fingerprint density at radius 3 is 2.67 bits per heavy atom. The fraction of sp³-hybridized carbons (Fsp3) is 0.409. The van der Waals surface area contributed by atoms with Gasteiger partial charge in [0.25, 0.3) is 0 Å². The van der Waals surface area contributed by atoms with Gasteiger partial charge in [-0.1, -0.05) is 24.3 Å². The molecule has 2 aromatic carbocycles. The molecule has 1 saturated heterocycles. The van der Waals surface area contributed by atoms with Gasteiger partial charge in [-0.2, -0.15) is 0 Å². The highest BCUT2D eigenvalue weighted by atomic mass is 16.5. The van der Waals surface area contributed by atoms with Crippen LogP contribution in [-0.2, 0) is 16.0 Å². The van der Waals surface area contributed by atoms with Gasteiger partial charge in [0.1, 0.15) is 5.75 Å². The summed E-state index contributed by atoms with van der Waals surface area (Å²) in [7, 11) is 0. The predicted molar refractivity (Wildman–Crippen MR) is 107 cm³/mol. The zero-order chi connectivity index (χ0) is 18.5. The molecule has 1 fully saturated rings. The van der Waals surface area contributed by atoms with E-state index < -0.39 is 0 Å². The van der Waals surface area contributed by atoms with Crippen molar-refractivity contribution in [3.05, 3.63) is 54.1 Å². The van der Waals surface area contributed by atoms with Crippen molar-refractivity contribution in [1.82, 2.24) is 0 Å². The average Bonchev–Trinajstić information content (AvgIpc) is 3.16. The van der Waals surface area contributed by atoms with E-state index >= 15 is 0 Å². The molecule has 2 aromatic rings. The second-order valence-electron chi connectivity index (χ2n) is 6.97. The molecule has 2 aliphatic rings. The molecule has 0 aliphatic carbocycles. The molecule has 2 aliphatic heterocycles. The third-order valence-corrected chi connectivity index (χ3v) is 5.19. The number of nitrogens with zero attached hydrogens (tertiary/aromatic N) is 2. The second kappa shape index (κ2) is 8.44. The number of benzene rings is 2. The Labute approximate surface area is 160 Å². The first-order valence-corrected chi connectivity index (χ1v) is 9.75. The molecule has 0 saturated carbocycles. The number of anilines is 2. The lowest BCUT2D eigenvalue weighted by atomic mass is 10.1. The molecule has 0 atom stereocenters. The number of amides is 1. The molecule has 0 unspecified atom stereocenters. The summed E-state index contributed by atoms with van der Waals surface area (Å²) in [6, 6.07) is 16.3. The van der Waals surface area contributed by atoms with Gasteiger partial charge >= 0.3 is 0 Å². The van der Waals surface area contributed by atoms with Crippen molar-refractivity contribution in [3.8, 4) is 5.75 Å². The van der Waals surface area contributed by atoms with E-state index in [4.69, 9.17) is 9.47 Å². The fourth-order valence-electron chi connectivity index (χ4n) is 3.71. The zero-order valence-corrected chi connectivity index (χ0v) is 15.6. The van der Waals surface area contributed by atoms with E-state index in [2.05, 4.69) is 23.1 Å². The molecule has 0 bridgehead atoms. The van der Waals surface area contributed by atoms with Crippen molar-refractivity contribution >= 4 is 17.3 Å². The lowest BCUT2D eigenvalue weighted by Gasteiger charge is -2.29. The molecule has 1 amide bonds. The Bertz CT molecular complexity index is 772. The minimum Gasteiger partial charge on any atom is -0.494 e. The Balaban J connectivity index is 1.34. The van der Waals surface area contributed by atoms with Crippen LogP contribution >= 0.6 is 0 Å². The highest BCUT2D eigenvalue weighted by Crippen LogP contribution is 2.33. The van der Waals surface area contributed by atoms with Crippen molar-refractivity contribution in [2.75, 3.05) is 49.3 Å². The van der Waals surface area contributed by atoms with Crippen LogP contribution in [0.2, 0.25) is 0 Å². The van der Waals surface area contributed by atoms with Gasteiger partial charge in [0.05, 0.1) is 19.8 Å². The van der Waals surface area contributed by atoms with Gasteiger partial charge in [-0.05, 0) is 42.7 Å². The number of rotatable bonds is 6. The fourth-order valence-corrected chi connectivity index (χ4v) is 3.71. The van der Waals surface area contributed by atoms with Crippen LogP contribution in [0.1, 0.15) is 18.4 Å². The van der Waals surface area contributed by atoms with E-state index in [1.165, 1.54) is 11.3 Å².